The van der Waals surface area contributed by atoms with E-state index in [1.165, 1.54) is 18.3 Å². The van der Waals surface area contributed by atoms with E-state index in [9.17, 15) is 9.59 Å². The highest BCUT2D eigenvalue weighted by Crippen LogP contribution is 2.20. The molecule has 2 unspecified atom stereocenters. The number of anilines is 1. The van der Waals surface area contributed by atoms with Crippen LogP contribution in [0.4, 0.5) is 5.69 Å². The lowest BCUT2D eigenvalue weighted by molar-refractivity contribution is -0.126. The van der Waals surface area contributed by atoms with Gasteiger partial charge in [0.2, 0.25) is 0 Å². The van der Waals surface area contributed by atoms with Crippen LogP contribution in [-0.2, 0) is 9.53 Å². The fourth-order valence-corrected chi connectivity index (χ4v) is 1.81. The van der Waals surface area contributed by atoms with Gasteiger partial charge in [0.1, 0.15) is 11.8 Å². The summed E-state index contributed by atoms with van der Waals surface area (Å²) in [5, 5.41) is 11.3. The largest absolute Gasteiger partial charge is 0.477 e. The van der Waals surface area contributed by atoms with E-state index in [0.29, 0.717) is 12.1 Å². The number of aromatic carboxylic acids is 1. The molecular formula is C12H14N2O4. The standard InChI is InChI=1S/C12H14N2O4/c1-7-2-5-10(18-7)11(15)14-8-3-4-9(12(16)17)13-6-8/h3-4,6-7,10H,2,5H2,1H3,(H,14,15)(H,16,17). The normalized spacial score (nSPS) is 22.7. The lowest BCUT2D eigenvalue weighted by atomic mass is 10.2. The molecular weight excluding hydrogens is 236 g/mol. The summed E-state index contributed by atoms with van der Waals surface area (Å²) in [6.45, 7) is 1.93. The van der Waals surface area contributed by atoms with Crippen LogP contribution in [-0.4, -0.2) is 34.2 Å². The molecule has 18 heavy (non-hydrogen) atoms. The second-order valence-electron chi connectivity index (χ2n) is 4.24. The molecule has 6 heteroatoms. The average Bonchev–Trinajstić information content (AvgIpc) is 2.76. The van der Waals surface area contributed by atoms with Gasteiger partial charge in [-0.25, -0.2) is 9.78 Å². The molecule has 0 saturated carbocycles. The third-order valence-electron chi connectivity index (χ3n) is 2.77. The Balaban J connectivity index is 1.97. The molecule has 2 rings (SSSR count). The maximum Gasteiger partial charge on any atom is 0.354 e. The van der Waals surface area contributed by atoms with Crippen molar-refractivity contribution in [3.05, 3.63) is 24.0 Å². The number of rotatable bonds is 3. The van der Waals surface area contributed by atoms with E-state index in [2.05, 4.69) is 10.3 Å². The molecule has 2 N–H and O–H groups in total. The van der Waals surface area contributed by atoms with Gasteiger partial charge in [-0.05, 0) is 31.9 Å². The van der Waals surface area contributed by atoms with E-state index in [-0.39, 0.29) is 17.7 Å². The first-order valence-electron chi connectivity index (χ1n) is 5.72. The van der Waals surface area contributed by atoms with Gasteiger partial charge in [-0.2, -0.15) is 0 Å². The smallest absolute Gasteiger partial charge is 0.354 e. The number of aromatic nitrogens is 1. The molecule has 2 heterocycles. The fourth-order valence-electron chi connectivity index (χ4n) is 1.81. The van der Waals surface area contributed by atoms with E-state index in [4.69, 9.17) is 9.84 Å². The van der Waals surface area contributed by atoms with Crippen LogP contribution in [0.2, 0.25) is 0 Å². The highest BCUT2D eigenvalue weighted by molar-refractivity contribution is 5.94. The predicted molar refractivity (Wildman–Crippen MR) is 63.4 cm³/mol. The van der Waals surface area contributed by atoms with Gasteiger partial charge in [-0.15, -0.1) is 0 Å². The molecule has 2 atom stereocenters. The molecule has 1 aliphatic rings. The zero-order valence-electron chi connectivity index (χ0n) is 9.92. The van der Waals surface area contributed by atoms with Crippen LogP contribution in [0.5, 0.6) is 0 Å². The zero-order chi connectivity index (χ0) is 13.1. The average molecular weight is 250 g/mol. The van der Waals surface area contributed by atoms with Gasteiger partial charge in [-0.3, -0.25) is 4.79 Å². The van der Waals surface area contributed by atoms with Crippen molar-refractivity contribution in [1.82, 2.24) is 4.98 Å². The van der Waals surface area contributed by atoms with E-state index in [1.54, 1.807) is 0 Å². The van der Waals surface area contributed by atoms with Crippen molar-refractivity contribution in [3.63, 3.8) is 0 Å². The second kappa shape index (κ2) is 5.14. The number of carboxylic acid groups (broad SMARTS) is 1. The van der Waals surface area contributed by atoms with Crippen molar-refractivity contribution in [3.8, 4) is 0 Å². The number of hydrogen-bond donors (Lipinski definition) is 2. The number of carbonyl (C=O) groups is 2. The maximum absolute atomic E-state index is 11.8. The van der Waals surface area contributed by atoms with E-state index < -0.39 is 12.1 Å². The van der Waals surface area contributed by atoms with E-state index in [0.717, 1.165) is 6.42 Å². The third-order valence-corrected chi connectivity index (χ3v) is 2.77. The first-order chi connectivity index (χ1) is 8.56. The number of carbonyl (C=O) groups excluding carboxylic acids is 1. The van der Waals surface area contributed by atoms with Gasteiger partial charge in [0.25, 0.3) is 5.91 Å². The second-order valence-corrected chi connectivity index (χ2v) is 4.24. The molecule has 0 radical (unpaired) electrons. The molecule has 0 aliphatic carbocycles. The van der Waals surface area contributed by atoms with Gasteiger partial charge >= 0.3 is 5.97 Å². The summed E-state index contributed by atoms with van der Waals surface area (Å²) in [5.74, 6) is -1.31. The Bertz CT molecular complexity index is 458. The van der Waals surface area contributed by atoms with Crippen LogP contribution in [0.15, 0.2) is 18.3 Å². The Labute approximate surface area is 104 Å². The molecule has 1 amide bonds. The van der Waals surface area contributed by atoms with Gasteiger partial charge < -0.3 is 15.2 Å². The van der Waals surface area contributed by atoms with Crippen LogP contribution >= 0.6 is 0 Å². The van der Waals surface area contributed by atoms with Crippen molar-refractivity contribution in [2.45, 2.75) is 32.0 Å². The summed E-state index contributed by atoms with van der Waals surface area (Å²) in [6.07, 6.45) is 2.56. The van der Waals surface area contributed by atoms with Crippen molar-refractivity contribution in [2.75, 3.05) is 5.32 Å². The number of pyridine rings is 1. The van der Waals surface area contributed by atoms with E-state index >= 15 is 0 Å². The van der Waals surface area contributed by atoms with Crippen LogP contribution in [0, 0.1) is 0 Å². The number of hydrogen-bond acceptors (Lipinski definition) is 4. The molecule has 0 spiro atoms. The number of carboxylic acids is 1. The molecule has 1 fully saturated rings. The minimum atomic E-state index is -1.10. The number of amides is 1. The van der Waals surface area contributed by atoms with Crippen LogP contribution in [0.25, 0.3) is 0 Å². The first-order valence-corrected chi connectivity index (χ1v) is 5.72. The van der Waals surface area contributed by atoms with Gasteiger partial charge in [0.15, 0.2) is 0 Å². The van der Waals surface area contributed by atoms with Crippen LogP contribution < -0.4 is 5.32 Å². The van der Waals surface area contributed by atoms with Crippen molar-refractivity contribution >= 4 is 17.6 Å². The van der Waals surface area contributed by atoms with Gasteiger partial charge in [0, 0.05) is 0 Å². The Hall–Kier alpha value is -1.95. The molecule has 1 aliphatic heterocycles. The minimum Gasteiger partial charge on any atom is -0.477 e. The summed E-state index contributed by atoms with van der Waals surface area (Å²) in [4.78, 5) is 26.1. The highest BCUT2D eigenvalue weighted by Gasteiger charge is 2.28. The van der Waals surface area contributed by atoms with E-state index in [1.807, 2.05) is 6.92 Å². The summed E-state index contributed by atoms with van der Waals surface area (Å²) in [5.41, 5.74) is 0.409. The van der Waals surface area contributed by atoms with Gasteiger partial charge in [0.05, 0.1) is 18.0 Å². The maximum atomic E-state index is 11.8. The van der Waals surface area contributed by atoms with Gasteiger partial charge in [-0.1, -0.05) is 0 Å². The predicted octanol–water partition coefficient (Wildman–Crippen LogP) is 1.29. The summed E-state index contributed by atoms with van der Waals surface area (Å²) in [6, 6.07) is 2.85. The number of ether oxygens (including phenoxy) is 1. The molecule has 0 aromatic carbocycles. The number of nitrogens with zero attached hydrogens (tertiary/aromatic N) is 1. The summed E-state index contributed by atoms with van der Waals surface area (Å²) >= 11 is 0. The van der Waals surface area contributed by atoms with Crippen LogP contribution in [0.3, 0.4) is 0 Å². The van der Waals surface area contributed by atoms with Crippen molar-refractivity contribution < 1.29 is 19.4 Å². The minimum absolute atomic E-state index is 0.0567. The zero-order valence-corrected chi connectivity index (χ0v) is 9.92. The molecule has 6 nitrogen and oxygen atoms in total. The monoisotopic (exact) mass is 250 g/mol. The Morgan fingerprint density at radius 2 is 2.22 bits per heavy atom. The lowest BCUT2D eigenvalue weighted by Gasteiger charge is -2.11. The summed E-state index contributed by atoms with van der Waals surface area (Å²) < 4.78 is 5.43. The molecule has 1 aromatic rings. The Morgan fingerprint density at radius 1 is 1.44 bits per heavy atom. The Morgan fingerprint density at radius 3 is 2.72 bits per heavy atom. The molecule has 1 saturated heterocycles. The Kier molecular flexibility index (Phi) is 3.57. The topological polar surface area (TPSA) is 88.5 Å². The van der Waals surface area contributed by atoms with Crippen LogP contribution in [0.1, 0.15) is 30.3 Å². The number of nitrogens with one attached hydrogen (secondary N) is 1. The first kappa shape index (κ1) is 12.5. The molecule has 96 valence electrons. The fraction of sp³-hybridized carbons (Fsp3) is 0.417. The van der Waals surface area contributed by atoms with Crippen molar-refractivity contribution in [1.29, 1.82) is 0 Å². The lowest BCUT2D eigenvalue weighted by Crippen LogP contribution is -2.27. The van der Waals surface area contributed by atoms with Crippen molar-refractivity contribution in [2.24, 2.45) is 0 Å². The third kappa shape index (κ3) is 2.84. The SMILES string of the molecule is CC1CCC(C(=O)Nc2ccc(C(=O)O)nc2)O1. The molecule has 0 bridgehead atoms. The molecule has 1 aromatic heterocycles. The highest BCUT2D eigenvalue weighted by atomic mass is 16.5. The summed E-state index contributed by atoms with van der Waals surface area (Å²) in [7, 11) is 0. The quantitative estimate of drug-likeness (QED) is 0.843.